The second-order valence-corrected chi connectivity index (χ2v) is 11.8. The van der Waals surface area contributed by atoms with E-state index < -0.39 is 0 Å². The molecule has 0 radical (unpaired) electrons. The second-order valence-electron chi connectivity index (χ2n) is 10.1. The van der Waals surface area contributed by atoms with Crippen molar-refractivity contribution >= 4 is 56.7 Å². The summed E-state index contributed by atoms with van der Waals surface area (Å²) in [7, 11) is 0. The van der Waals surface area contributed by atoms with E-state index in [0.717, 1.165) is 33.5 Å². The van der Waals surface area contributed by atoms with Gasteiger partial charge in [0.05, 0.1) is 16.2 Å². The van der Waals surface area contributed by atoms with E-state index in [-0.39, 0.29) is 6.04 Å². The summed E-state index contributed by atoms with van der Waals surface area (Å²) >= 11 is 15.9. The molecule has 1 N–H and O–H groups in total. The lowest BCUT2D eigenvalue weighted by atomic mass is 9.76. The minimum atomic E-state index is 0.282. The highest BCUT2D eigenvalue weighted by molar-refractivity contribution is 9.10. The van der Waals surface area contributed by atoms with Gasteiger partial charge in [-0.3, -0.25) is 4.99 Å². The summed E-state index contributed by atoms with van der Waals surface area (Å²) in [5.41, 5.74) is 8.04. The van der Waals surface area contributed by atoms with Crippen molar-refractivity contribution in [1.82, 2.24) is 0 Å². The van der Waals surface area contributed by atoms with Gasteiger partial charge in [0.25, 0.3) is 0 Å². The zero-order chi connectivity index (χ0) is 26.9. The maximum Gasteiger partial charge on any atom is 0.134 e. The van der Waals surface area contributed by atoms with Gasteiger partial charge in [-0.1, -0.05) is 71.2 Å². The molecule has 39 heavy (non-hydrogen) atoms. The summed E-state index contributed by atoms with van der Waals surface area (Å²) in [6.45, 7) is 2.52. The van der Waals surface area contributed by atoms with Gasteiger partial charge in [-0.25, -0.2) is 0 Å². The van der Waals surface area contributed by atoms with Gasteiger partial charge < -0.3 is 10.1 Å². The number of anilines is 1. The molecule has 2 aliphatic rings. The highest BCUT2D eigenvalue weighted by Gasteiger charge is 2.37. The van der Waals surface area contributed by atoms with E-state index in [1.54, 1.807) is 12.1 Å². The normalized spacial score (nSPS) is 19.5. The third-order valence-corrected chi connectivity index (χ3v) is 8.69. The highest BCUT2D eigenvalue weighted by Crippen LogP contribution is 2.50. The summed E-state index contributed by atoms with van der Waals surface area (Å²) in [5.74, 6) is 1.74. The van der Waals surface area contributed by atoms with E-state index in [2.05, 4.69) is 82.8 Å². The van der Waals surface area contributed by atoms with Crippen molar-refractivity contribution in [1.29, 1.82) is 0 Å². The van der Waals surface area contributed by atoms with Crippen molar-refractivity contribution in [3.8, 4) is 5.75 Å². The Morgan fingerprint density at radius 1 is 1.00 bits per heavy atom. The zero-order valence-electron chi connectivity index (χ0n) is 21.4. The number of aryl methyl sites for hydroxylation is 1. The Hall–Kier alpha value is -3.05. The molecule has 1 aliphatic heterocycles. The number of nitrogens with zero attached hydrogens (tertiary/aromatic N) is 1. The molecular formula is C33H27BrCl2N2O. The number of nitrogens with one attached hydrogen (secondary N) is 1. The Morgan fingerprint density at radius 2 is 1.85 bits per heavy atom. The lowest BCUT2D eigenvalue weighted by Gasteiger charge is -2.37. The molecule has 0 aromatic heterocycles. The monoisotopic (exact) mass is 616 g/mol. The fourth-order valence-corrected chi connectivity index (χ4v) is 6.44. The number of fused-ring (bicyclic) bond motifs is 3. The summed E-state index contributed by atoms with van der Waals surface area (Å²) in [6.07, 6.45) is 7.68. The molecule has 3 atom stereocenters. The van der Waals surface area contributed by atoms with Crippen LogP contribution in [0.5, 0.6) is 5.75 Å². The van der Waals surface area contributed by atoms with Crippen LogP contribution in [0.4, 0.5) is 11.4 Å². The Bertz CT molecular complexity index is 1580. The Labute approximate surface area is 247 Å². The van der Waals surface area contributed by atoms with Crippen LogP contribution in [0.2, 0.25) is 10.0 Å². The third-order valence-electron chi connectivity index (χ3n) is 7.49. The van der Waals surface area contributed by atoms with Gasteiger partial charge in [-0.2, -0.15) is 0 Å². The number of aliphatic imine (C=N–C) groups is 1. The van der Waals surface area contributed by atoms with Crippen LogP contribution < -0.4 is 10.1 Å². The summed E-state index contributed by atoms with van der Waals surface area (Å²) in [5, 5.41) is 5.01. The van der Waals surface area contributed by atoms with E-state index in [0.29, 0.717) is 28.5 Å². The van der Waals surface area contributed by atoms with Gasteiger partial charge in [0.15, 0.2) is 0 Å². The largest absolute Gasteiger partial charge is 0.488 e. The number of hydrogen-bond acceptors (Lipinski definition) is 3. The van der Waals surface area contributed by atoms with Crippen LogP contribution in [-0.4, -0.2) is 6.21 Å². The van der Waals surface area contributed by atoms with Gasteiger partial charge in [0, 0.05) is 33.4 Å². The van der Waals surface area contributed by atoms with E-state index in [4.69, 9.17) is 32.9 Å². The number of hydrogen-bond donors (Lipinski definition) is 1. The average molecular weight is 618 g/mol. The maximum atomic E-state index is 6.26. The molecule has 0 saturated carbocycles. The summed E-state index contributed by atoms with van der Waals surface area (Å²) in [4.78, 5) is 4.71. The number of benzene rings is 4. The molecule has 6 heteroatoms. The SMILES string of the molecule is Cc1ccc2c(c1)[C@@H]1C=CC[C@H]1[C@H](c1ccc(N=Cc3ccc(OCc4ccc(Cl)cc4Cl)c(Br)c3)cc1)N2. The van der Waals surface area contributed by atoms with Gasteiger partial charge in [-0.05, 0) is 100 Å². The minimum Gasteiger partial charge on any atom is -0.488 e. The molecule has 3 nitrogen and oxygen atoms in total. The van der Waals surface area contributed by atoms with Crippen LogP contribution in [0.3, 0.4) is 0 Å². The summed E-state index contributed by atoms with van der Waals surface area (Å²) in [6, 6.07) is 26.9. The molecule has 0 unspecified atom stereocenters. The molecule has 196 valence electrons. The van der Waals surface area contributed by atoms with Gasteiger partial charge in [-0.15, -0.1) is 0 Å². The quantitative estimate of drug-likeness (QED) is 0.172. The predicted molar refractivity (Wildman–Crippen MR) is 166 cm³/mol. The topological polar surface area (TPSA) is 33.6 Å². The first kappa shape index (κ1) is 26.2. The molecule has 4 aromatic rings. The van der Waals surface area contributed by atoms with E-state index >= 15 is 0 Å². The molecule has 0 spiro atoms. The summed E-state index contributed by atoms with van der Waals surface area (Å²) < 4.78 is 6.81. The van der Waals surface area contributed by atoms with E-state index in [9.17, 15) is 0 Å². The van der Waals surface area contributed by atoms with Crippen LogP contribution in [0.15, 0.2) is 100 Å². The number of halogens is 3. The molecule has 1 aliphatic carbocycles. The Morgan fingerprint density at radius 3 is 2.64 bits per heavy atom. The minimum absolute atomic E-state index is 0.282. The fourth-order valence-electron chi connectivity index (χ4n) is 5.47. The molecular weight excluding hydrogens is 591 g/mol. The first-order valence-corrected chi connectivity index (χ1v) is 14.5. The van der Waals surface area contributed by atoms with E-state index in [1.165, 1.54) is 22.4 Å². The average Bonchev–Trinajstić information content (AvgIpc) is 3.43. The van der Waals surface area contributed by atoms with Gasteiger partial charge in [0.2, 0.25) is 0 Å². The van der Waals surface area contributed by atoms with Crippen LogP contribution in [0, 0.1) is 12.8 Å². The van der Waals surface area contributed by atoms with Crippen molar-refractivity contribution in [3.05, 3.63) is 133 Å². The van der Waals surface area contributed by atoms with Crippen molar-refractivity contribution in [2.45, 2.75) is 31.9 Å². The van der Waals surface area contributed by atoms with Crippen molar-refractivity contribution in [2.24, 2.45) is 10.9 Å². The van der Waals surface area contributed by atoms with Crippen LogP contribution in [0.1, 0.15) is 46.2 Å². The molecule has 6 rings (SSSR count). The first-order chi connectivity index (χ1) is 18.9. The van der Waals surface area contributed by atoms with Crippen molar-refractivity contribution in [3.63, 3.8) is 0 Å². The molecule has 1 heterocycles. The van der Waals surface area contributed by atoms with E-state index in [1.807, 2.05) is 30.5 Å². The highest BCUT2D eigenvalue weighted by atomic mass is 79.9. The molecule has 0 bridgehead atoms. The van der Waals surface area contributed by atoms with Crippen LogP contribution in [0.25, 0.3) is 0 Å². The number of rotatable bonds is 6. The lowest BCUT2D eigenvalue weighted by molar-refractivity contribution is 0.304. The van der Waals surface area contributed by atoms with Crippen LogP contribution >= 0.6 is 39.1 Å². The predicted octanol–water partition coefficient (Wildman–Crippen LogP) is 10.2. The first-order valence-electron chi connectivity index (χ1n) is 13.0. The van der Waals surface area contributed by atoms with Gasteiger partial charge in [0.1, 0.15) is 12.4 Å². The van der Waals surface area contributed by atoms with Crippen molar-refractivity contribution < 1.29 is 4.74 Å². The molecule has 0 fully saturated rings. The lowest BCUT2D eigenvalue weighted by Crippen LogP contribution is -2.29. The smallest absolute Gasteiger partial charge is 0.134 e. The maximum absolute atomic E-state index is 6.26. The number of ether oxygens (including phenoxy) is 1. The Balaban J connectivity index is 1.12. The Kier molecular flexibility index (Phi) is 7.53. The fraction of sp³-hybridized carbons (Fsp3) is 0.182. The number of allylic oxidation sites excluding steroid dienone is 2. The molecule has 0 saturated heterocycles. The van der Waals surface area contributed by atoms with Gasteiger partial charge >= 0.3 is 0 Å². The third kappa shape index (κ3) is 5.65. The van der Waals surface area contributed by atoms with Crippen molar-refractivity contribution in [2.75, 3.05) is 5.32 Å². The standard InChI is InChI=1S/C33H27BrCl2N2O/c1-20-5-13-31-28(15-20)26-3-2-4-27(26)33(38-31)22-8-11-25(12-9-22)37-18-21-6-14-32(29(34)16-21)39-19-23-7-10-24(35)17-30(23)36/h2-3,5-18,26-27,33,38H,4,19H2,1H3/t26-,27-,33+/m1/s1. The molecule has 4 aromatic carbocycles. The molecule has 0 amide bonds. The zero-order valence-corrected chi connectivity index (χ0v) is 24.5. The second kappa shape index (κ2) is 11.2. The van der Waals surface area contributed by atoms with Crippen LogP contribution in [-0.2, 0) is 6.61 Å².